The van der Waals surface area contributed by atoms with Crippen LogP contribution in [0.1, 0.15) is 57.7 Å². The summed E-state index contributed by atoms with van der Waals surface area (Å²) < 4.78 is 7.66. The van der Waals surface area contributed by atoms with Gasteiger partial charge in [0.1, 0.15) is 11.6 Å². The van der Waals surface area contributed by atoms with E-state index in [1.807, 2.05) is 0 Å². The van der Waals surface area contributed by atoms with Gasteiger partial charge in [-0.15, -0.1) is 10.2 Å². The number of nitrogens with one attached hydrogen (secondary N) is 1. The van der Waals surface area contributed by atoms with Crippen molar-refractivity contribution in [2.24, 2.45) is 0 Å². The Bertz CT molecular complexity index is 404. The Morgan fingerprint density at radius 3 is 2.68 bits per heavy atom. The lowest BCUT2D eigenvalue weighted by Crippen LogP contribution is -2.39. The number of rotatable bonds is 5. The van der Waals surface area contributed by atoms with Crippen molar-refractivity contribution in [2.75, 3.05) is 7.11 Å². The molecule has 0 fully saturated rings. The molecule has 5 heteroatoms. The predicted octanol–water partition coefficient (Wildman–Crippen LogP) is 2.08. The van der Waals surface area contributed by atoms with Crippen LogP contribution < -0.4 is 5.32 Å². The van der Waals surface area contributed by atoms with Crippen molar-refractivity contribution >= 4 is 0 Å². The summed E-state index contributed by atoms with van der Waals surface area (Å²) in [4.78, 5) is 0. The van der Waals surface area contributed by atoms with Gasteiger partial charge in [0.15, 0.2) is 0 Å². The first-order chi connectivity index (χ1) is 9.13. The van der Waals surface area contributed by atoms with E-state index in [1.165, 1.54) is 19.3 Å². The molecule has 1 N–H and O–H groups in total. The van der Waals surface area contributed by atoms with Gasteiger partial charge in [0.2, 0.25) is 0 Å². The van der Waals surface area contributed by atoms with Crippen LogP contribution in [0.15, 0.2) is 0 Å². The number of nitrogens with zero attached hydrogens (tertiary/aromatic N) is 3. The van der Waals surface area contributed by atoms with Crippen LogP contribution in [-0.2, 0) is 17.7 Å². The molecule has 5 nitrogen and oxygen atoms in total. The Morgan fingerprint density at radius 1 is 1.16 bits per heavy atom. The summed E-state index contributed by atoms with van der Waals surface area (Å²) in [5, 5.41) is 12.3. The number of methoxy groups -OCH3 is 1. The molecule has 108 valence electrons. The van der Waals surface area contributed by atoms with Crippen LogP contribution >= 0.6 is 0 Å². The summed E-state index contributed by atoms with van der Waals surface area (Å²) in [6, 6.07) is 0.491. The summed E-state index contributed by atoms with van der Waals surface area (Å²) in [7, 11) is 1.75. The summed E-state index contributed by atoms with van der Waals surface area (Å²) in [5.74, 6) is 2.21. The highest BCUT2D eigenvalue weighted by Gasteiger charge is 2.21. The molecule has 0 radical (unpaired) electrons. The van der Waals surface area contributed by atoms with Gasteiger partial charge >= 0.3 is 0 Å². The van der Waals surface area contributed by atoms with E-state index in [0.717, 1.165) is 24.6 Å². The van der Waals surface area contributed by atoms with Crippen LogP contribution in [0, 0.1) is 0 Å². The first-order valence-electron chi connectivity index (χ1n) is 7.34. The topological polar surface area (TPSA) is 52.0 Å². The minimum atomic E-state index is 0.189. The van der Waals surface area contributed by atoms with E-state index in [0.29, 0.717) is 6.04 Å². The first kappa shape index (κ1) is 14.5. The van der Waals surface area contributed by atoms with Crippen molar-refractivity contribution in [2.45, 2.75) is 71.2 Å². The molecule has 1 aromatic rings. The van der Waals surface area contributed by atoms with Crippen LogP contribution in [0.5, 0.6) is 0 Å². The van der Waals surface area contributed by atoms with E-state index < -0.39 is 0 Å². The average Bonchev–Trinajstić information content (AvgIpc) is 2.67. The van der Waals surface area contributed by atoms with Crippen LogP contribution in [0.2, 0.25) is 0 Å². The fraction of sp³-hybridized carbons (Fsp3) is 0.857. The number of fused-ring (bicyclic) bond motifs is 1. The SMILES string of the molecule is COC(C)C(C)NC(C)c1nnc2n1CCCCC2. The second-order valence-corrected chi connectivity index (χ2v) is 5.55. The molecule has 0 aliphatic carbocycles. The summed E-state index contributed by atoms with van der Waals surface area (Å²) >= 11 is 0. The molecule has 3 atom stereocenters. The van der Waals surface area contributed by atoms with Gasteiger partial charge in [0.05, 0.1) is 12.1 Å². The maximum absolute atomic E-state index is 5.36. The molecule has 2 heterocycles. The van der Waals surface area contributed by atoms with Crippen LogP contribution in [0.4, 0.5) is 0 Å². The highest BCUT2D eigenvalue weighted by molar-refractivity contribution is 5.02. The molecule has 0 aromatic carbocycles. The third kappa shape index (κ3) is 3.34. The molecule has 0 spiro atoms. The van der Waals surface area contributed by atoms with Crippen molar-refractivity contribution in [3.05, 3.63) is 11.6 Å². The number of hydrogen-bond donors (Lipinski definition) is 1. The number of hydrogen-bond acceptors (Lipinski definition) is 4. The van der Waals surface area contributed by atoms with E-state index in [1.54, 1.807) is 7.11 Å². The van der Waals surface area contributed by atoms with Crippen LogP contribution in [0.3, 0.4) is 0 Å². The van der Waals surface area contributed by atoms with Gasteiger partial charge in [0, 0.05) is 26.1 Å². The zero-order chi connectivity index (χ0) is 13.8. The van der Waals surface area contributed by atoms with Gasteiger partial charge < -0.3 is 14.6 Å². The highest BCUT2D eigenvalue weighted by Crippen LogP contribution is 2.19. The number of ether oxygens (including phenoxy) is 1. The Balaban J connectivity index is 2.07. The van der Waals surface area contributed by atoms with Crippen molar-refractivity contribution in [3.63, 3.8) is 0 Å². The van der Waals surface area contributed by atoms with E-state index in [2.05, 4.69) is 40.9 Å². The molecule has 19 heavy (non-hydrogen) atoms. The van der Waals surface area contributed by atoms with Crippen molar-refractivity contribution in [1.29, 1.82) is 0 Å². The normalized spacial score (nSPS) is 20.4. The van der Waals surface area contributed by atoms with Crippen molar-refractivity contribution in [3.8, 4) is 0 Å². The Hall–Kier alpha value is -0.940. The van der Waals surface area contributed by atoms with Crippen LogP contribution in [-0.4, -0.2) is 34.0 Å². The minimum absolute atomic E-state index is 0.189. The second kappa shape index (κ2) is 6.48. The van der Waals surface area contributed by atoms with Gasteiger partial charge in [-0.1, -0.05) is 6.42 Å². The van der Waals surface area contributed by atoms with Gasteiger partial charge in [-0.05, 0) is 33.6 Å². The van der Waals surface area contributed by atoms with E-state index in [-0.39, 0.29) is 12.1 Å². The number of aromatic nitrogens is 3. The van der Waals surface area contributed by atoms with E-state index in [9.17, 15) is 0 Å². The Kier molecular flexibility index (Phi) is 4.93. The maximum atomic E-state index is 5.36. The van der Waals surface area contributed by atoms with Gasteiger partial charge in [0.25, 0.3) is 0 Å². The lowest BCUT2D eigenvalue weighted by molar-refractivity contribution is 0.0846. The fourth-order valence-corrected chi connectivity index (χ4v) is 2.64. The molecule has 1 aromatic heterocycles. The summed E-state index contributed by atoms with van der Waals surface area (Å²) in [5.41, 5.74) is 0. The van der Waals surface area contributed by atoms with Crippen molar-refractivity contribution in [1.82, 2.24) is 20.1 Å². The Morgan fingerprint density at radius 2 is 1.95 bits per heavy atom. The molecule has 2 rings (SSSR count). The third-order valence-corrected chi connectivity index (χ3v) is 4.11. The smallest absolute Gasteiger partial charge is 0.149 e. The highest BCUT2D eigenvalue weighted by atomic mass is 16.5. The molecule has 1 aliphatic rings. The zero-order valence-corrected chi connectivity index (χ0v) is 12.5. The van der Waals surface area contributed by atoms with E-state index in [4.69, 9.17) is 4.74 Å². The molecular weight excluding hydrogens is 240 g/mol. The molecule has 0 saturated heterocycles. The summed E-state index contributed by atoms with van der Waals surface area (Å²) in [6.45, 7) is 7.43. The lowest BCUT2D eigenvalue weighted by atomic mass is 10.1. The molecule has 0 saturated carbocycles. The van der Waals surface area contributed by atoms with Gasteiger partial charge in [-0.2, -0.15) is 0 Å². The lowest BCUT2D eigenvalue weighted by Gasteiger charge is -2.24. The van der Waals surface area contributed by atoms with E-state index >= 15 is 0 Å². The van der Waals surface area contributed by atoms with Crippen LogP contribution in [0.25, 0.3) is 0 Å². The summed E-state index contributed by atoms with van der Waals surface area (Å²) in [6.07, 6.45) is 5.01. The second-order valence-electron chi connectivity index (χ2n) is 5.55. The molecule has 0 bridgehead atoms. The molecule has 3 unspecified atom stereocenters. The monoisotopic (exact) mass is 266 g/mol. The zero-order valence-electron chi connectivity index (χ0n) is 12.5. The molecule has 0 amide bonds. The molecular formula is C14H26N4O. The largest absolute Gasteiger partial charge is 0.380 e. The quantitative estimate of drug-likeness (QED) is 0.886. The average molecular weight is 266 g/mol. The van der Waals surface area contributed by atoms with Gasteiger partial charge in [-0.25, -0.2) is 0 Å². The minimum Gasteiger partial charge on any atom is -0.380 e. The number of aryl methyl sites for hydroxylation is 1. The van der Waals surface area contributed by atoms with Crippen molar-refractivity contribution < 1.29 is 4.74 Å². The predicted molar refractivity (Wildman–Crippen MR) is 75.1 cm³/mol. The first-order valence-corrected chi connectivity index (χ1v) is 7.34. The third-order valence-electron chi connectivity index (χ3n) is 4.11. The maximum Gasteiger partial charge on any atom is 0.149 e. The fourth-order valence-electron chi connectivity index (χ4n) is 2.64. The standard InChI is InChI=1S/C14H26N4O/c1-10(12(3)19-4)15-11(2)14-17-16-13-8-6-5-7-9-18(13)14/h10-12,15H,5-9H2,1-4H3. The van der Waals surface area contributed by atoms with Gasteiger partial charge in [-0.3, -0.25) is 0 Å². The Labute approximate surface area is 115 Å². The molecule has 1 aliphatic heterocycles.